The van der Waals surface area contributed by atoms with Gasteiger partial charge in [-0.15, -0.1) is 0 Å². The number of nitrogens with two attached hydrogens (primary N) is 1. The standard InChI is InChI=1S/C14H20ClNO4/c1-14(2,13(17)19-4)8-20-12-10(15)5-9(7-16)6-11(12)18-3/h5-6H,7-8,16H2,1-4H3. The summed E-state index contributed by atoms with van der Waals surface area (Å²) < 4.78 is 15.6. The molecule has 0 amide bonds. The van der Waals surface area contributed by atoms with Crippen molar-refractivity contribution in [3.05, 3.63) is 22.7 Å². The first kappa shape index (κ1) is 16.6. The number of esters is 1. The second-order valence-electron chi connectivity index (χ2n) is 4.98. The zero-order valence-electron chi connectivity index (χ0n) is 12.2. The number of hydrogen-bond donors (Lipinski definition) is 1. The van der Waals surface area contributed by atoms with E-state index in [2.05, 4.69) is 0 Å². The van der Waals surface area contributed by atoms with Crippen molar-refractivity contribution < 1.29 is 19.0 Å². The molecule has 6 heteroatoms. The van der Waals surface area contributed by atoms with Crippen molar-refractivity contribution in [3.8, 4) is 11.5 Å². The summed E-state index contributed by atoms with van der Waals surface area (Å²) in [5, 5.41) is 0.394. The summed E-state index contributed by atoms with van der Waals surface area (Å²) in [6.45, 7) is 3.93. The van der Waals surface area contributed by atoms with E-state index < -0.39 is 5.41 Å². The fraction of sp³-hybridized carbons (Fsp3) is 0.500. The Morgan fingerprint density at radius 3 is 2.50 bits per heavy atom. The second-order valence-corrected chi connectivity index (χ2v) is 5.38. The monoisotopic (exact) mass is 301 g/mol. The number of methoxy groups -OCH3 is 2. The Morgan fingerprint density at radius 2 is 2.00 bits per heavy atom. The smallest absolute Gasteiger partial charge is 0.314 e. The number of carbonyl (C=O) groups is 1. The molecule has 0 aliphatic rings. The van der Waals surface area contributed by atoms with Gasteiger partial charge < -0.3 is 19.9 Å². The number of hydrogen-bond acceptors (Lipinski definition) is 5. The van der Waals surface area contributed by atoms with Crippen molar-refractivity contribution in [1.82, 2.24) is 0 Å². The molecule has 0 radical (unpaired) electrons. The summed E-state index contributed by atoms with van der Waals surface area (Å²) in [5.41, 5.74) is 5.63. The first-order chi connectivity index (χ1) is 9.35. The molecule has 0 unspecified atom stereocenters. The van der Waals surface area contributed by atoms with Gasteiger partial charge in [-0.1, -0.05) is 11.6 Å². The predicted molar refractivity (Wildman–Crippen MR) is 77.2 cm³/mol. The lowest BCUT2D eigenvalue weighted by Crippen LogP contribution is -2.32. The van der Waals surface area contributed by atoms with E-state index in [1.807, 2.05) is 0 Å². The van der Waals surface area contributed by atoms with Gasteiger partial charge in [0.05, 0.1) is 24.7 Å². The van der Waals surface area contributed by atoms with Gasteiger partial charge in [0.1, 0.15) is 6.61 Å². The molecular weight excluding hydrogens is 282 g/mol. The van der Waals surface area contributed by atoms with E-state index >= 15 is 0 Å². The third-order valence-corrected chi connectivity index (χ3v) is 3.12. The molecule has 112 valence electrons. The second kappa shape index (κ2) is 6.81. The highest BCUT2D eigenvalue weighted by Gasteiger charge is 2.30. The molecule has 0 spiro atoms. The normalized spacial score (nSPS) is 11.1. The summed E-state index contributed by atoms with van der Waals surface area (Å²) >= 11 is 6.16. The number of halogens is 1. The van der Waals surface area contributed by atoms with E-state index in [-0.39, 0.29) is 12.6 Å². The molecule has 0 aromatic heterocycles. The molecule has 0 saturated heterocycles. The molecule has 20 heavy (non-hydrogen) atoms. The molecule has 0 fully saturated rings. The average Bonchev–Trinajstić information content (AvgIpc) is 2.43. The molecule has 1 rings (SSSR count). The maximum absolute atomic E-state index is 11.6. The minimum atomic E-state index is -0.782. The molecule has 0 heterocycles. The number of rotatable bonds is 6. The van der Waals surface area contributed by atoms with Gasteiger partial charge in [-0.05, 0) is 31.5 Å². The molecule has 0 aliphatic carbocycles. The van der Waals surface area contributed by atoms with Gasteiger partial charge in [-0.25, -0.2) is 0 Å². The van der Waals surface area contributed by atoms with Crippen LogP contribution in [0.15, 0.2) is 12.1 Å². The van der Waals surface area contributed by atoms with E-state index in [0.717, 1.165) is 5.56 Å². The van der Waals surface area contributed by atoms with Crippen LogP contribution >= 0.6 is 11.6 Å². The van der Waals surface area contributed by atoms with Crippen LogP contribution in [0.3, 0.4) is 0 Å². The van der Waals surface area contributed by atoms with Crippen molar-refractivity contribution in [3.63, 3.8) is 0 Å². The SMILES string of the molecule is COC(=O)C(C)(C)COc1c(Cl)cc(CN)cc1OC. The lowest BCUT2D eigenvalue weighted by Gasteiger charge is -2.23. The van der Waals surface area contributed by atoms with Gasteiger partial charge in [0, 0.05) is 6.54 Å². The lowest BCUT2D eigenvalue weighted by molar-refractivity contribution is -0.152. The fourth-order valence-corrected chi connectivity index (χ4v) is 1.91. The van der Waals surface area contributed by atoms with Crippen LogP contribution in [-0.2, 0) is 16.1 Å². The van der Waals surface area contributed by atoms with E-state index in [1.165, 1.54) is 14.2 Å². The van der Waals surface area contributed by atoms with Crippen LogP contribution in [-0.4, -0.2) is 26.8 Å². The maximum atomic E-state index is 11.6. The maximum Gasteiger partial charge on any atom is 0.314 e. The largest absolute Gasteiger partial charge is 0.493 e. The van der Waals surface area contributed by atoms with Crippen molar-refractivity contribution in [2.45, 2.75) is 20.4 Å². The van der Waals surface area contributed by atoms with Gasteiger partial charge in [-0.3, -0.25) is 4.79 Å². The Hall–Kier alpha value is -1.46. The predicted octanol–water partition coefficient (Wildman–Crippen LogP) is 2.39. The van der Waals surface area contributed by atoms with Gasteiger partial charge in [0.15, 0.2) is 11.5 Å². The highest BCUT2D eigenvalue weighted by atomic mass is 35.5. The van der Waals surface area contributed by atoms with Crippen LogP contribution in [0.4, 0.5) is 0 Å². The molecular formula is C14H20ClNO4. The molecule has 1 aromatic rings. The molecule has 0 atom stereocenters. The van der Waals surface area contributed by atoms with Gasteiger partial charge in [0.2, 0.25) is 0 Å². The minimum absolute atomic E-state index is 0.123. The van der Waals surface area contributed by atoms with Crippen molar-refractivity contribution in [2.24, 2.45) is 11.1 Å². The van der Waals surface area contributed by atoms with Crippen LogP contribution in [0.5, 0.6) is 11.5 Å². The quantitative estimate of drug-likeness (QED) is 0.817. The Kier molecular flexibility index (Phi) is 5.65. The van der Waals surface area contributed by atoms with Gasteiger partial charge in [-0.2, -0.15) is 0 Å². The third kappa shape index (κ3) is 3.77. The van der Waals surface area contributed by atoms with E-state index in [4.69, 9.17) is 31.5 Å². The molecule has 0 saturated carbocycles. The lowest BCUT2D eigenvalue weighted by atomic mass is 9.95. The first-order valence-electron chi connectivity index (χ1n) is 6.13. The van der Waals surface area contributed by atoms with Crippen LogP contribution in [0.2, 0.25) is 5.02 Å². The molecule has 0 aliphatic heterocycles. The summed E-state index contributed by atoms with van der Waals surface area (Å²) in [4.78, 5) is 11.6. The Bertz CT molecular complexity index is 488. The average molecular weight is 302 g/mol. The van der Waals surface area contributed by atoms with Crippen LogP contribution in [0.25, 0.3) is 0 Å². The molecule has 0 bridgehead atoms. The van der Waals surface area contributed by atoms with Crippen molar-refractivity contribution >= 4 is 17.6 Å². The Balaban J connectivity index is 2.95. The summed E-state index contributed by atoms with van der Waals surface area (Å²) in [6.07, 6.45) is 0. The molecule has 1 aromatic carbocycles. The van der Waals surface area contributed by atoms with Gasteiger partial charge in [0.25, 0.3) is 0 Å². The van der Waals surface area contributed by atoms with E-state index in [0.29, 0.717) is 23.1 Å². The summed E-state index contributed by atoms with van der Waals surface area (Å²) in [5.74, 6) is 0.521. The molecule has 5 nitrogen and oxygen atoms in total. The van der Waals surface area contributed by atoms with Crippen LogP contribution < -0.4 is 15.2 Å². The van der Waals surface area contributed by atoms with Crippen LogP contribution in [0, 0.1) is 5.41 Å². The fourth-order valence-electron chi connectivity index (χ4n) is 1.62. The summed E-state index contributed by atoms with van der Waals surface area (Å²) in [6, 6.07) is 3.47. The van der Waals surface area contributed by atoms with Gasteiger partial charge >= 0.3 is 5.97 Å². The zero-order valence-corrected chi connectivity index (χ0v) is 12.9. The topological polar surface area (TPSA) is 70.8 Å². The first-order valence-corrected chi connectivity index (χ1v) is 6.51. The van der Waals surface area contributed by atoms with E-state index in [9.17, 15) is 4.79 Å². The highest BCUT2D eigenvalue weighted by molar-refractivity contribution is 6.32. The third-order valence-electron chi connectivity index (χ3n) is 2.84. The highest BCUT2D eigenvalue weighted by Crippen LogP contribution is 2.37. The van der Waals surface area contributed by atoms with Crippen molar-refractivity contribution in [2.75, 3.05) is 20.8 Å². The van der Waals surface area contributed by atoms with Crippen molar-refractivity contribution in [1.29, 1.82) is 0 Å². The Labute approximate surface area is 123 Å². The van der Waals surface area contributed by atoms with E-state index in [1.54, 1.807) is 26.0 Å². The van der Waals surface area contributed by atoms with Crippen LogP contribution in [0.1, 0.15) is 19.4 Å². The number of carbonyl (C=O) groups excluding carboxylic acids is 1. The number of benzene rings is 1. The zero-order chi connectivity index (χ0) is 15.3. The Morgan fingerprint density at radius 1 is 1.35 bits per heavy atom. The number of ether oxygens (including phenoxy) is 3. The minimum Gasteiger partial charge on any atom is -0.493 e. The molecule has 2 N–H and O–H groups in total. The summed E-state index contributed by atoms with van der Waals surface area (Å²) in [7, 11) is 2.86.